The van der Waals surface area contributed by atoms with Crippen molar-refractivity contribution >= 4 is 22.5 Å². The van der Waals surface area contributed by atoms with Crippen molar-refractivity contribution in [1.82, 2.24) is 0 Å². The first-order chi connectivity index (χ1) is 7.82. The van der Waals surface area contributed by atoms with Gasteiger partial charge in [0.15, 0.2) is 0 Å². The van der Waals surface area contributed by atoms with Gasteiger partial charge in [-0.3, -0.25) is 0 Å². The number of rotatable bonds is 2. The Labute approximate surface area is 102 Å². The number of aliphatic imine (C=N–C) groups is 1. The van der Waals surface area contributed by atoms with Crippen molar-refractivity contribution < 1.29 is 13.2 Å². The Hall–Kier alpha value is -1.49. The monoisotopic (exact) mass is 262 g/mol. The molecule has 6 heteroatoms. The second-order valence-corrected chi connectivity index (χ2v) is 3.63. The molecule has 1 aromatic carbocycles. The molecule has 0 spiro atoms. The summed E-state index contributed by atoms with van der Waals surface area (Å²) in [6.07, 6.45) is -4.60. The molecule has 0 fully saturated rings. The van der Waals surface area contributed by atoms with E-state index >= 15 is 0 Å². The zero-order chi connectivity index (χ0) is 13.1. The van der Waals surface area contributed by atoms with Crippen LogP contribution in [0.15, 0.2) is 46.6 Å². The maximum absolute atomic E-state index is 12.3. The van der Waals surface area contributed by atoms with Crippen LogP contribution in [0, 0.1) is 0 Å². The highest BCUT2D eigenvalue weighted by Gasteiger charge is 2.33. The number of para-hydroxylation sites is 1. The lowest BCUT2D eigenvalue weighted by molar-refractivity contribution is -0.0931. The normalized spacial score (nSPS) is 14.5. The highest BCUT2D eigenvalue weighted by Crippen LogP contribution is 2.26. The fourth-order valence-electron chi connectivity index (χ4n) is 1.02. The predicted molar refractivity (Wildman–Crippen MR) is 62.3 cm³/mol. The minimum atomic E-state index is -4.60. The number of nitrogens with two attached hydrogens (primary N) is 1. The van der Waals surface area contributed by atoms with Crippen LogP contribution in [0.2, 0.25) is 0 Å². The first kappa shape index (κ1) is 13.6. The molecule has 0 unspecified atom stereocenters. The molecule has 0 atom stereocenters. The number of hydrogen-bond donors (Lipinski definition) is 1. The van der Waals surface area contributed by atoms with E-state index in [4.69, 9.17) is 17.3 Å². The zero-order valence-electron chi connectivity index (χ0n) is 8.92. The average molecular weight is 263 g/mol. The van der Waals surface area contributed by atoms with Crippen LogP contribution in [0.4, 0.5) is 18.9 Å². The standard InChI is InChI=1S/C11H10ClF3N2/c1-7(9(16)11(13,14)15)10(12)17-8-5-3-2-4-6-8/h2-6H,16H2,1H3. The van der Waals surface area contributed by atoms with Gasteiger partial charge in [-0.1, -0.05) is 29.8 Å². The van der Waals surface area contributed by atoms with Gasteiger partial charge in [-0.25, -0.2) is 4.99 Å². The number of alkyl halides is 3. The summed E-state index contributed by atoms with van der Waals surface area (Å²) in [6.45, 7) is 1.18. The third-order valence-corrected chi connectivity index (χ3v) is 2.37. The molecule has 0 aromatic heterocycles. The Morgan fingerprint density at radius 2 is 1.76 bits per heavy atom. The third-order valence-electron chi connectivity index (χ3n) is 2.00. The lowest BCUT2D eigenvalue weighted by Gasteiger charge is -2.09. The molecule has 92 valence electrons. The summed E-state index contributed by atoms with van der Waals surface area (Å²) >= 11 is 5.68. The van der Waals surface area contributed by atoms with E-state index in [0.717, 1.165) is 0 Å². The van der Waals surface area contributed by atoms with Gasteiger partial charge in [0, 0.05) is 5.57 Å². The topological polar surface area (TPSA) is 38.4 Å². The Bertz CT molecular complexity index is 450. The van der Waals surface area contributed by atoms with E-state index in [1.165, 1.54) is 6.92 Å². The first-order valence-electron chi connectivity index (χ1n) is 4.65. The van der Waals surface area contributed by atoms with Crippen LogP contribution >= 0.6 is 11.6 Å². The second kappa shape index (κ2) is 5.23. The molecule has 2 nitrogen and oxygen atoms in total. The van der Waals surface area contributed by atoms with Crippen LogP contribution in [0.3, 0.4) is 0 Å². The van der Waals surface area contributed by atoms with Gasteiger partial charge in [0.25, 0.3) is 0 Å². The molecular weight excluding hydrogens is 253 g/mol. The molecule has 0 aliphatic heterocycles. The van der Waals surface area contributed by atoms with Gasteiger partial charge in [-0.2, -0.15) is 13.2 Å². The van der Waals surface area contributed by atoms with E-state index in [9.17, 15) is 13.2 Å². The van der Waals surface area contributed by atoms with Gasteiger partial charge < -0.3 is 5.73 Å². The smallest absolute Gasteiger partial charge is 0.394 e. The van der Waals surface area contributed by atoms with Crippen LogP contribution in [-0.2, 0) is 0 Å². The van der Waals surface area contributed by atoms with Crippen molar-refractivity contribution in [2.45, 2.75) is 13.1 Å². The molecular formula is C11H10ClF3N2. The number of benzene rings is 1. The number of allylic oxidation sites excluding steroid dienone is 2. The fraction of sp³-hybridized carbons (Fsp3) is 0.182. The first-order valence-corrected chi connectivity index (χ1v) is 5.03. The van der Waals surface area contributed by atoms with E-state index in [1.807, 2.05) is 0 Å². The van der Waals surface area contributed by atoms with Gasteiger partial charge in [-0.15, -0.1) is 0 Å². The average Bonchev–Trinajstić information content (AvgIpc) is 2.27. The summed E-state index contributed by atoms with van der Waals surface area (Å²) in [7, 11) is 0. The maximum atomic E-state index is 12.3. The molecule has 0 saturated carbocycles. The van der Waals surface area contributed by atoms with E-state index < -0.39 is 11.9 Å². The SMILES string of the molecule is CC(C(Cl)=Nc1ccccc1)=C(N)C(F)(F)F. The molecule has 17 heavy (non-hydrogen) atoms. The van der Waals surface area contributed by atoms with Crippen molar-refractivity contribution in [2.24, 2.45) is 10.7 Å². The minimum Gasteiger partial charge on any atom is -0.394 e. The van der Waals surface area contributed by atoms with Crippen molar-refractivity contribution in [3.8, 4) is 0 Å². The fourth-order valence-corrected chi connectivity index (χ4v) is 1.22. The van der Waals surface area contributed by atoms with Crippen LogP contribution in [0.5, 0.6) is 0 Å². The minimum absolute atomic E-state index is 0.272. The molecule has 1 aromatic rings. The van der Waals surface area contributed by atoms with Crippen LogP contribution < -0.4 is 5.73 Å². The van der Waals surface area contributed by atoms with Crippen LogP contribution in [-0.4, -0.2) is 11.3 Å². The zero-order valence-corrected chi connectivity index (χ0v) is 9.68. The summed E-state index contributed by atoms with van der Waals surface area (Å²) < 4.78 is 36.9. The number of nitrogens with zero attached hydrogens (tertiary/aromatic N) is 1. The highest BCUT2D eigenvalue weighted by atomic mass is 35.5. The summed E-state index contributed by atoms with van der Waals surface area (Å²) in [5, 5.41) is -0.272. The van der Waals surface area contributed by atoms with Crippen molar-refractivity contribution in [3.05, 3.63) is 41.6 Å². The maximum Gasteiger partial charge on any atom is 0.431 e. The Balaban J connectivity index is 3.06. The summed E-state index contributed by atoms with van der Waals surface area (Å²) in [6, 6.07) is 8.42. The quantitative estimate of drug-likeness (QED) is 0.810. The lowest BCUT2D eigenvalue weighted by Crippen LogP contribution is -2.22. The van der Waals surface area contributed by atoms with Gasteiger partial charge >= 0.3 is 6.18 Å². The number of hydrogen-bond acceptors (Lipinski definition) is 2. The lowest BCUT2D eigenvalue weighted by atomic mass is 10.2. The molecule has 0 radical (unpaired) electrons. The summed E-state index contributed by atoms with van der Waals surface area (Å²) in [4.78, 5) is 3.84. The highest BCUT2D eigenvalue weighted by molar-refractivity contribution is 6.69. The summed E-state index contributed by atoms with van der Waals surface area (Å²) in [5.41, 5.74) is 3.88. The molecule has 2 N–H and O–H groups in total. The third kappa shape index (κ3) is 3.78. The Morgan fingerprint density at radius 3 is 2.24 bits per heavy atom. The van der Waals surface area contributed by atoms with Gasteiger partial charge in [0.05, 0.1) is 5.69 Å². The second-order valence-electron chi connectivity index (χ2n) is 3.27. The Kier molecular flexibility index (Phi) is 4.17. The number of halogens is 4. The van der Waals surface area contributed by atoms with E-state index in [2.05, 4.69) is 4.99 Å². The predicted octanol–water partition coefficient (Wildman–Crippen LogP) is 3.75. The summed E-state index contributed by atoms with van der Waals surface area (Å²) in [5.74, 6) is 0. The molecule has 0 bridgehead atoms. The largest absolute Gasteiger partial charge is 0.431 e. The van der Waals surface area contributed by atoms with E-state index in [1.54, 1.807) is 30.3 Å². The van der Waals surface area contributed by atoms with Gasteiger partial charge in [0.1, 0.15) is 10.9 Å². The molecule has 0 heterocycles. The molecule has 1 rings (SSSR count). The molecule has 0 amide bonds. The van der Waals surface area contributed by atoms with Crippen LogP contribution in [0.1, 0.15) is 6.92 Å². The van der Waals surface area contributed by atoms with Crippen molar-refractivity contribution in [2.75, 3.05) is 0 Å². The van der Waals surface area contributed by atoms with Crippen molar-refractivity contribution in [3.63, 3.8) is 0 Å². The molecule has 0 aliphatic rings. The van der Waals surface area contributed by atoms with Gasteiger partial charge in [-0.05, 0) is 19.1 Å². The molecule has 0 aliphatic carbocycles. The van der Waals surface area contributed by atoms with Crippen LogP contribution in [0.25, 0.3) is 0 Å². The van der Waals surface area contributed by atoms with E-state index in [-0.39, 0.29) is 10.7 Å². The van der Waals surface area contributed by atoms with Crippen molar-refractivity contribution in [1.29, 1.82) is 0 Å². The Morgan fingerprint density at radius 1 is 1.24 bits per heavy atom. The van der Waals surface area contributed by atoms with Gasteiger partial charge in [0.2, 0.25) is 0 Å². The molecule has 0 saturated heterocycles. The van der Waals surface area contributed by atoms with E-state index in [0.29, 0.717) is 5.69 Å².